The predicted octanol–water partition coefficient (Wildman–Crippen LogP) is 11.3. The summed E-state index contributed by atoms with van der Waals surface area (Å²) in [6.07, 6.45) is 3.88. The van der Waals surface area contributed by atoms with Crippen LogP contribution in [0.3, 0.4) is 0 Å². The van der Waals surface area contributed by atoms with Gasteiger partial charge in [0, 0.05) is 34.1 Å². The molecule has 0 amide bonds. The van der Waals surface area contributed by atoms with E-state index < -0.39 is 5.41 Å². The summed E-state index contributed by atoms with van der Waals surface area (Å²) >= 11 is 0. The highest BCUT2D eigenvalue weighted by Crippen LogP contribution is 2.62. The first-order valence-corrected chi connectivity index (χ1v) is 17.8. The number of para-hydroxylation sites is 1. The van der Waals surface area contributed by atoms with Gasteiger partial charge in [0.1, 0.15) is 0 Å². The maximum Gasteiger partial charge on any atom is 0.235 e. The van der Waals surface area contributed by atoms with Crippen molar-refractivity contribution in [3.63, 3.8) is 0 Å². The fourth-order valence-electron chi connectivity index (χ4n) is 9.56. The number of rotatable bonds is 2. The van der Waals surface area contributed by atoms with Crippen LogP contribution in [-0.2, 0) is 5.41 Å². The molecule has 2 aliphatic carbocycles. The monoisotopic (exact) mass is 660 g/mol. The summed E-state index contributed by atoms with van der Waals surface area (Å²) in [5, 5.41) is 5.77. The summed E-state index contributed by atoms with van der Waals surface area (Å²) in [7, 11) is 0. The zero-order valence-electron chi connectivity index (χ0n) is 28.0. The Bertz CT molecular complexity index is 3090. The average molecular weight is 661 g/mol. The zero-order valence-corrected chi connectivity index (χ0v) is 28.0. The summed E-state index contributed by atoms with van der Waals surface area (Å²) in [6.45, 7) is 0. The summed E-state index contributed by atoms with van der Waals surface area (Å²) in [4.78, 5) is 15.3. The maximum absolute atomic E-state index is 5.36. The highest BCUT2D eigenvalue weighted by Gasteiger charge is 2.50. The van der Waals surface area contributed by atoms with Crippen molar-refractivity contribution in [2.75, 3.05) is 0 Å². The molecule has 0 bridgehead atoms. The molecule has 0 saturated carbocycles. The topological polar surface area (TPSA) is 43.6 Å². The Labute approximate surface area is 299 Å². The molecule has 10 aromatic rings. The lowest BCUT2D eigenvalue weighted by atomic mass is 9.61. The zero-order chi connectivity index (χ0) is 34.0. The molecule has 0 saturated heterocycles. The predicted molar refractivity (Wildman–Crippen MR) is 211 cm³/mol. The average Bonchev–Trinajstić information content (AvgIpc) is 3.71. The molecule has 2 aliphatic rings. The molecular weight excluding hydrogens is 633 g/mol. The molecule has 12 rings (SSSR count). The van der Waals surface area contributed by atoms with E-state index >= 15 is 0 Å². The van der Waals surface area contributed by atoms with E-state index in [1.807, 2.05) is 18.5 Å². The first kappa shape index (κ1) is 27.9. The van der Waals surface area contributed by atoms with Gasteiger partial charge < -0.3 is 0 Å². The van der Waals surface area contributed by atoms with Crippen molar-refractivity contribution in [3.05, 3.63) is 192 Å². The van der Waals surface area contributed by atoms with Gasteiger partial charge in [-0.3, -0.25) is 9.55 Å². The fourth-order valence-corrected chi connectivity index (χ4v) is 9.56. The third-order valence-electron chi connectivity index (χ3n) is 11.5. The lowest BCUT2D eigenvalue weighted by Gasteiger charge is -2.40. The highest BCUT2D eigenvalue weighted by molar-refractivity contribution is 6.26. The molecule has 7 aromatic carbocycles. The number of pyridine rings is 1. The molecule has 0 aliphatic heterocycles. The van der Waals surface area contributed by atoms with Crippen molar-refractivity contribution in [1.29, 1.82) is 0 Å². The van der Waals surface area contributed by atoms with E-state index in [9.17, 15) is 0 Å². The molecule has 52 heavy (non-hydrogen) atoms. The molecule has 0 N–H and O–H groups in total. The van der Waals surface area contributed by atoms with Crippen LogP contribution in [0.5, 0.6) is 0 Å². The minimum atomic E-state index is -0.452. The van der Waals surface area contributed by atoms with Crippen molar-refractivity contribution in [1.82, 2.24) is 19.5 Å². The minimum Gasteiger partial charge on any atom is -0.278 e. The Hall–Kier alpha value is -6.91. The van der Waals surface area contributed by atoms with Crippen LogP contribution < -0.4 is 0 Å². The van der Waals surface area contributed by atoms with Crippen LogP contribution >= 0.6 is 0 Å². The summed E-state index contributed by atoms with van der Waals surface area (Å²) < 4.78 is 2.25. The Kier molecular flexibility index (Phi) is 5.40. The molecule has 4 heteroatoms. The smallest absolute Gasteiger partial charge is 0.235 e. The van der Waals surface area contributed by atoms with Gasteiger partial charge in [-0.25, -0.2) is 9.97 Å². The van der Waals surface area contributed by atoms with Gasteiger partial charge in [0.05, 0.1) is 27.7 Å². The van der Waals surface area contributed by atoms with Gasteiger partial charge >= 0.3 is 0 Å². The normalized spacial score (nSPS) is 13.5. The van der Waals surface area contributed by atoms with Crippen LogP contribution in [0.1, 0.15) is 22.3 Å². The van der Waals surface area contributed by atoms with Crippen molar-refractivity contribution in [2.24, 2.45) is 0 Å². The molecule has 3 aromatic heterocycles. The Morgan fingerprint density at radius 2 is 1.06 bits per heavy atom. The Morgan fingerprint density at radius 3 is 1.81 bits per heavy atom. The second-order valence-corrected chi connectivity index (χ2v) is 13.9. The van der Waals surface area contributed by atoms with Crippen molar-refractivity contribution < 1.29 is 0 Å². The molecule has 0 unspecified atom stereocenters. The first-order chi connectivity index (χ1) is 25.8. The molecule has 0 fully saturated rings. The Balaban J connectivity index is 1.26. The largest absolute Gasteiger partial charge is 0.278 e. The molecule has 4 nitrogen and oxygen atoms in total. The highest BCUT2D eigenvalue weighted by atomic mass is 15.2. The maximum atomic E-state index is 5.36. The van der Waals surface area contributed by atoms with Gasteiger partial charge in [0.25, 0.3) is 0 Å². The lowest BCUT2D eigenvalue weighted by Crippen LogP contribution is -2.31. The summed E-state index contributed by atoms with van der Waals surface area (Å²) in [5.41, 5.74) is 14.9. The van der Waals surface area contributed by atoms with Gasteiger partial charge in [-0.05, 0) is 73.5 Å². The molecule has 3 heterocycles. The lowest BCUT2D eigenvalue weighted by molar-refractivity contribution is 0.773. The van der Waals surface area contributed by atoms with E-state index in [0.717, 1.165) is 44.0 Å². The molecule has 0 atom stereocenters. The molecule has 240 valence electrons. The fraction of sp³-hybridized carbons (Fsp3) is 0.0208. The van der Waals surface area contributed by atoms with Crippen LogP contribution in [-0.4, -0.2) is 19.5 Å². The van der Waals surface area contributed by atoms with E-state index in [0.29, 0.717) is 5.95 Å². The molecule has 0 radical (unpaired) electrons. The van der Waals surface area contributed by atoms with Crippen molar-refractivity contribution in [2.45, 2.75) is 5.41 Å². The van der Waals surface area contributed by atoms with E-state index in [1.54, 1.807) is 0 Å². The van der Waals surface area contributed by atoms with Gasteiger partial charge in [-0.15, -0.1) is 0 Å². The van der Waals surface area contributed by atoms with Crippen LogP contribution in [0, 0.1) is 0 Å². The van der Waals surface area contributed by atoms with Crippen LogP contribution in [0.15, 0.2) is 170 Å². The van der Waals surface area contributed by atoms with E-state index in [1.165, 1.54) is 55.3 Å². The second kappa shape index (κ2) is 10.1. The summed E-state index contributed by atoms with van der Waals surface area (Å²) in [5.74, 6) is 0.644. The standard InChI is InChI=1S/C48H28N4/c1-2-13-29(14-3-1)46-33-18-7-11-24-41(33)50-47(51-46)52-42-25-26-49-28-36(42)45-34-19-12-23-40-44(34)35(27-43(45)52)32-17-6-10-22-39(32)48(40)37-20-8-4-15-30(37)31-16-5-9-21-38(31)48/h1-28H. The van der Waals surface area contributed by atoms with Gasteiger partial charge in [0.2, 0.25) is 5.95 Å². The van der Waals surface area contributed by atoms with E-state index in [-0.39, 0.29) is 0 Å². The molecular formula is C48H28N4. The third kappa shape index (κ3) is 3.39. The Morgan fingerprint density at radius 1 is 0.442 bits per heavy atom. The van der Waals surface area contributed by atoms with E-state index in [2.05, 4.69) is 161 Å². The van der Waals surface area contributed by atoms with Crippen LogP contribution in [0.2, 0.25) is 0 Å². The van der Waals surface area contributed by atoms with Crippen LogP contribution in [0.4, 0.5) is 0 Å². The van der Waals surface area contributed by atoms with E-state index in [4.69, 9.17) is 9.97 Å². The molecule has 1 spiro atoms. The quantitative estimate of drug-likeness (QED) is 0.185. The number of benzene rings is 7. The van der Waals surface area contributed by atoms with Crippen molar-refractivity contribution >= 4 is 43.5 Å². The number of nitrogens with zero attached hydrogens (tertiary/aromatic N) is 4. The minimum absolute atomic E-state index is 0.452. The first-order valence-electron chi connectivity index (χ1n) is 17.8. The summed E-state index contributed by atoms with van der Waals surface area (Å²) in [6, 6.07) is 57.2. The SMILES string of the molecule is c1ccc(-c2nc(-n3c4ccncc4c4c5cccc6c5c(cc43)-c3ccccc3C63c4ccccc4-c4ccccc43)nc3ccccc23)cc1. The van der Waals surface area contributed by atoms with Crippen LogP contribution in [0.25, 0.3) is 82.9 Å². The van der Waals surface area contributed by atoms with Gasteiger partial charge in [-0.1, -0.05) is 140 Å². The third-order valence-corrected chi connectivity index (χ3v) is 11.5. The number of hydrogen-bond acceptors (Lipinski definition) is 3. The van der Waals surface area contributed by atoms with Gasteiger partial charge in [0.15, 0.2) is 0 Å². The van der Waals surface area contributed by atoms with Crippen molar-refractivity contribution in [3.8, 4) is 39.5 Å². The number of aromatic nitrogens is 4. The number of fused-ring (bicyclic) bond motifs is 14. The second-order valence-electron chi connectivity index (χ2n) is 13.9. The number of hydrogen-bond donors (Lipinski definition) is 0. The van der Waals surface area contributed by atoms with Gasteiger partial charge in [-0.2, -0.15) is 0 Å².